The van der Waals surface area contributed by atoms with Crippen LogP contribution < -0.4 is 20.9 Å². The fourth-order valence-electron chi connectivity index (χ4n) is 2.29. The minimum Gasteiger partial charge on any atom is -0.489 e. The van der Waals surface area contributed by atoms with Gasteiger partial charge in [-0.15, -0.1) is 0 Å². The van der Waals surface area contributed by atoms with Gasteiger partial charge in [-0.3, -0.25) is 4.79 Å². The lowest BCUT2D eigenvalue weighted by atomic mass is 9.99. The van der Waals surface area contributed by atoms with Gasteiger partial charge >= 0.3 is 0 Å². The SMILES string of the molecule is COc1c(N2CCC(N)CC2C)nc[nH]c1=O. The molecule has 1 aromatic heterocycles. The van der Waals surface area contributed by atoms with Gasteiger partial charge in [0.1, 0.15) is 0 Å². The Morgan fingerprint density at radius 3 is 3.06 bits per heavy atom. The van der Waals surface area contributed by atoms with Crippen LogP contribution in [0.25, 0.3) is 0 Å². The number of rotatable bonds is 2. The number of methoxy groups -OCH3 is 1. The predicted molar refractivity (Wildman–Crippen MR) is 65.4 cm³/mol. The summed E-state index contributed by atoms with van der Waals surface area (Å²) in [4.78, 5) is 20.4. The second-order valence-electron chi connectivity index (χ2n) is 4.42. The molecule has 0 radical (unpaired) electrons. The van der Waals surface area contributed by atoms with Crippen molar-refractivity contribution in [2.75, 3.05) is 18.6 Å². The van der Waals surface area contributed by atoms with E-state index < -0.39 is 0 Å². The monoisotopic (exact) mass is 238 g/mol. The van der Waals surface area contributed by atoms with E-state index >= 15 is 0 Å². The number of H-pyrrole nitrogens is 1. The molecule has 2 rings (SSSR count). The lowest BCUT2D eigenvalue weighted by Crippen LogP contribution is -2.46. The molecule has 1 saturated heterocycles. The zero-order valence-corrected chi connectivity index (χ0v) is 10.1. The molecule has 0 aliphatic carbocycles. The highest BCUT2D eigenvalue weighted by Crippen LogP contribution is 2.27. The van der Waals surface area contributed by atoms with Crippen molar-refractivity contribution in [1.82, 2.24) is 9.97 Å². The number of nitrogens with two attached hydrogens (primary N) is 1. The summed E-state index contributed by atoms with van der Waals surface area (Å²) in [6.07, 6.45) is 3.21. The van der Waals surface area contributed by atoms with Gasteiger partial charge in [0.25, 0.3) is 5.56 Å². The van der Waals surface area contributed by atoms with E-state index in [0.29, 0.717) is 5.82 Å². The summed E-state index contributed by atoms with van der Waals surface area (Å²) in [5.74, 6) is 0.880. The van der Waals surface area contributed by atoms with E-state index in [0.717, 1.165) is 19.4 Å². The van der Waals surface area contributed by atoms with Gasteiger partial charge in [0.2, 0.25) is 5.75 Å². The first-order valence-electron chi connectivity index (χ1n) is 5.77. The fourth-order valence-corrected chi connectivity index (χ4v) is 2.29. The molecule has 2 unspecified atom stereocenters. The van der Waals surface area contributed by atoms with Crippen molar-refractivity contribution in [2.24, 2.45) is 5.73 Å². The first-order valence-corrected chi connectivity index (χ1v) is 5.77. The molecule has 1 aromatic rings. The largest absolute Gasteiger partial charge is 0.489 e. The summed E-state index contributed by atoms with van der Waals surface area (Å²) in [6, 6.07) is 0.496. The Bertz CT molecular complexity index is 445. The van der Waals surface area contributed by atoms with Crippen LogP contribution in [0, 0.1) is 0 Å². The van der Waals surface area contributed by atoms with Crippen molar-refractivity contribution < 1.29 is 4.74 Å². The molecule has 6 heteroatoms. The van der Waals surface area contributed by atoms with E-state index in [1.165, 1.54) is 13.4 Å². The first kappa shape index (κ1) is 11.9. The smallest absolute Gasteiger partial charge is 0.295 e. The Labute approximate surface area is 99.8 Å². The third-order valence-corrected chi connectivity index (χ3v) is 3.18. The molecule has 0 bridgehead atoms. The molecule has 2 atom stereocenters. The summed E-state index contributed by atoms with van der Waals surface area (Å²) in [5, 5.41) is 0. The van der Waals surface area contributed by atoms with Gasteiger partial charge < -0.3 is 20.4 Å². The lowest BCUT2D eigenvalue weighted by Gasteiger charge is -2.37. The van der Waals surface area contributed by atoms with Crippen molar-refractivity contribution >= 4 is 5.82 Å². The van der Waals surface area contributed by atoms with Gasteiger partial charge in [-0.25, -0.2) is 4.98 Å². The van der Waals surface area contributed by atoms with E-state index in [4.69, 9.17) is 10.5 Å². The van der Waals surface area contributed by atoms with E-state index in [9.17, 15) is 4.79 Å². The highest BCUT2D eigenvalue weighted by Gasteiger charge is 2.27. The molecule has 17 heavy (non-hydrogen) atoms. The molecule has 0 saturated carbocycles. The summed E-state index contributed by atoms with van der Waals surface area (Å²) in [6.45, 7) is 2.89. The maximum atomic E-state index is 11.6. The summed E-state index contributed by atoms with van der Waals surface area (Å²) < 4.78 is 5.13. The predicted octanol–water partition coefficient (Wildman–Crippen LogP) is 0.0945. The van der Waals surface area contributed by atoms with Crippen LogP contribution in [0.15, 0.2) is 11.1 Å². The van der Waals surface area contributed by atoms with Gasteiger partial charge in [0.05, 0.1) is 13.4 Å². The first-order chi connectivity index (χ1) is 8.13. The quantitative estimate of drug-likeness (QED) is 0.763. The van der Waals surface area contributed by atoms with Gasteiger partial charge in [0, 0.05) is 18.6 Å². The molecule has 1 aliphatic heterocycles. The van der Waals surface area contributed by atoms with Crippen LogP contribution in [0.1, 0.15) is 19.8 Å². The molecule has 0 spiro atoms. The van der Waals surface area contributed by atoms with Crippen molar-refractivity contribution in [3.8, 4) is 5.75 Å². The Kier molecular flexibility index (Phi) is 3.33. The molecule has 6 nitrogen and oxygen atoms in total. The highest BCUT2D eigenvalue weighted by molar-refractivity contribution is 5.51. The maximum Gasteiger partial charge on any atom is 0.295 e. The van der Waals surface area contributed by atoms with E-state index in [1.54, 1.807) is 0 Å². The molecule has 0 amide bonds. The molecule has 1 fully saturated rings. The van der Waals surface area contributed by atoms with Crippen LogP contribution in [-0.4, -0.2) is 35.7 Å². The number of hydrogen-bond donors (Lipinski definition) is 2. The summed E-state index contributed by atoms with van der Waals surface area (Å²) >= 11 is 0. The van der Waals surface area contributed by atoms with Crippen molar-refractivity contribution in [1.29, 1.82) is 0 Å². The van der Waals surface area contributed by atoms with E-state index in [1.807, 2.05) is 0 Å². The van der Waals surface area contributed by atoms with Crippen LogP contribution in [0.3, 0.4) is 0 Å². The number of piperidine rings is 1. The average Bonchev–Trinajstić information content (AvgIpc) is 2.29. The summed E-state index contributed by atoms with van der Waals surface area (Å²) in [7, 11) is 1.48. The van der Waals surface area contributed by atoms with Gasteiger partial charge in [0.15, 0.2) is 5.82 Å². The Hall–Kier alpha value is -1.56. The molecule has 1 aliphatic rings. The third-order valence-electron chi connectivity index (χ3n) is 3.18. The number of ether oxygens (including phenoxy) is 1. The van der Waals surface area contributed by atoms with Crippen LogP contribution in [0.5, 0.6) is 5.75 Å². The molecule has 2 heterocycles. The number of aromatic amines is 1. The van der Waals surface area contributed by atoms with Crippen LogP contribution >= 0.6 is 0 Å². The van der Waals surface area contributed by atoms with Crippen LogP contribution in [0.2, 0.25) is 0 Å². The Morgan fingerprint density at radius 1 is 1.65 bits per heavy atom. The van der Waals surface area contributed by atoms with Gasteiger partial charge in [-0.05, 0) is 19.8 Å². The second kappa shape index (κ2) is 4.75. The zero-order chi connectivity index (χ0) is 12.4. The van der Waals surface area contributed by atoms with Crippen LogP contribution in [-0.2, 0) is 0 Å². The molecule has 0 aromatic carbocycles. The van der Waals surface area contributed by atoms with Crippen molar-refractivity contribution in [3.63, 3.8) is 0 Å². The standard InChI is InChI=1S/C11H18N4O2/c1-7-5-8(12)3-4-15(7)10-9(17-2)11(16)14-6-13-10/h6-8H,3-5,12H2,1-2H3,(H,13,14,16). The highest BCUT2D eigenvalue weighted by atomic mass is 16.5. The van der Waals surface area contributed by atoms with Gasteiger partial charge in [-0.2, -0.15) is 0 Å². The Morgan fingerprint density at radius 2 is 2.41 bits per heavy atom. The van der Waals surface area contributed by atoms with Crippen molar-refractivity contribution in [3.05, 3.63) is 16.7 Å². The molecule has 94 valence electrons. The van der Waals surface area contributed by atoms with E-state index in [-0.39, 0.29) is 23.4 Å². The van der Waals surface area contributed by atoms with E-state index in [2.05, 4.69) is 21.8 Å². The average molecular weight is 238 g/mol. The molecular weight excluding hydrogens is 220 g/mol. The van der Waals surface area contributed by atoms with Gasteiger partial charge in [-0.1, -0.05) is 0 Å². The van der Waals surface area contributed by atoms with Crippen molar-refractivity contribution in [2.45, 2.75) is 31.8 Å². The fraction of sp³-hybridized carbons (Fsp3) is 0.636. The number of hydrogen-bond acceptors (Lipinski definition) is 5. The minimum atomic E-state index is -0.250. The number of nitrogens with one attached hydrogen (secondary N) is 1. The zero-order valence-electron chi connectivity index (χ0n) is 10.1. The molecule has 3 N–H and O–H groups in total. The maximum absolute atomic E-state index is 11.6. The normalized spacial score (nSPS) is 24.8. The third kappa shape index (κ3) is 2.26. The number of anilines is 1. The minimum absolute atomic E-state index is 0.231. The Balaban J connectivity index is 2.34. The summed E-state index contributed by atoms with van der Waals surface area (Å²) in [5.41, 5.74) is 5.67. The van der Waals surface area contributed by atoms with Crippen LogP contribution in [0.4, 0.5) is 5.82 Å². The number of nitrogens with zero attached hydrogens (tertiary/aromatic N) is 2. The lowest BCUT2D eigenvalue weighted by molar-refractivity contribution is 0.389. The second-order valence-corrected chi connectivity index (χ2v) is 4.42. The molecular formula is C11H18N4O2. The topological polar surface area (TPSA) is 84.2 Å². The number of aromatic nitrogens is 2.